The van der Waals surface area contributed by atoms with E-state index in [9.17, 15) is 18.0 Å². The molecule has 2 N–H and O–H groups in total. The molecule has 1 amide bonds. The number of halogens is 4. The first-order chi connectivity index (χ1) is 13.1. The van der Waals surface area contributed by atoms with Gasteiger partial charge >= 0.3 is 12.3 Å². The van der Waals surface area contributed by atoms with Crippen LogP contribution in [0.3, 0.4) is 0 Å². The lowest BCUT2D eigenvalue weighted by Gasteiger charge is -2.31. The summed E-state index contributed by atoms with van der Waals surface area (Å²) in [6.45, 7) is 2.93. The molecule has 0 spiro atoms. The number of hydrogen-bond acceptors (Lipinski definition) is 4. The molecule has 0 atom stereocenters. The summed E-state index contributed by atoms with van der Waals surface area (Å²) in [5.74, 6) is 0.237. The van der Waals surface area contributed by atoms with Crippen molar-refractivity contribution in [3.63, 3.8) is 0 Å². The van der Waals surface area contributed by atoms with Crippen molar-refractivity contribution in [1.82, 2.24) is 14.9 Å². The summed E-state index contributed by atoms with van der Waals surface area (Å²) in [5.41, 5.74) is 1.66. The van der Waals surface area contributed by atoms with E-state index in [2.05, 4.69) is 15.3 Å². The fourth-order valence-electron chi connectivity index (χ4n) is 3.33. The van der Waals surface area contributed by atoms with Gasteiger partial charge < -0.3 is 15.3 Å². The van der Waals surface area contributed by atoms with Gasteiger partial charge in [0.05, 0.1) is 0 Å². The summed E-state index contributed by atoms with van der Waals surface area (Å²) in [6.07, 6.45) is -3.36. The number of nitrogens with zero attached hydrogens (tertiary/aromatic N) is 3. The highest BCUT2D eigenvalue weighted by Gasteiger charge is 2.34. The number of aryl methyl sites for hydroxylation is 1. The molecule has 2 aromatic rings. The lowest BCUT2D eigenvalue weighted by atomic mass is 9.87. The zero-order valence-corrected chi connectivity index (χ0v) is 15.7. The quantitative estimate of drug-likeness (QED) is 0.686. The fraction of sp³-hybridized carbons (Fsp3) is 0.389. The molecule has 1 aliphatic heterocycles. The van der Waals surface area contributed by atoms with E-state index in [1.165, 1.54) is 4.90 Å². The second-order valence-corrected chi connectivity index (χ2v) is 6.99. The van der Waals surface area contributed by atoms with Crippen LogP contribution in [-0.4, -0.2) is 39.2 Å². The van der Waals surface area contributed by atoms with Gasteiger partial charge in [-0.05, 0) is 48.9 Å². The highest BCUT2D eigenvalue weighted by Crippen LogP contribution is 2.34. The molecule has 0 saturated carbocycles. The second-order valence-electron chi connectivity index (χ2n) is 6.64. The van der Waals surface area contributed by atoms with Crippen LogP contribution in [-0.2, 0) is 6.18 Å². The van der Waals surface area contributed by atoms with Crippen molar-refractivity contribution in [1.29, 1.82) is 0 Å². The van der Waals surface area contributed by atoms with Crippen molar-refractivity contribution in [2.24, 2.45) is 0 Å². The van der Waals surface area contributed by atoms with E-state index < -0.39 is 23.0 Å². The summed E-state index contributed by atoms with van der Waals surface area (Å²) >= 11 is 5.62. The Morgan fingerprint density at radius 1 is 1.32 bits per heavy atom. The predicted octanol–water partition coefficient (Wildman–Crippen LogP) is 5.06. The molecule has 1 saturated heterocycles. The Hall–Kier alpha value is -2.55. The van der Waals surface area contributed by atoms with Crippen LogP contribution in [0.2, 0.25) is 5.15 Å². The third kappa shape index (κ3) is 4.46. The van der Waals surface area contributed by atoms with Gasteiger partial charge in [0, 0.05) is 25.0 Å². The van der Waals surface area contributed by atoms with Crippen molar-refractivity contribution >= 4 is 29.3 Å². The number of hydrogen-bond donors (Lipinski definition) is 2. The van der Waals surface area contributed by atoms with E-state index in [0.717, 1.165) is 24.0 Å². The van der Waals surface area contributed by atoms with Gasteiger partial charge in [0.1, 0.15) is 10.7 Å². The molecule has 28 heavy (non-hydrogen) atoms. The van der Waals surface area contributed by atoms with E-state index >= 15 is 0 Å². The minimum absolute atomic E-state index is 0.0279. The van der Waals surface area contributed by atoms with E-state index in [1.807, 2.05) is 19.1 Å². The normalized spacial score (nSPS) is 15.5. The number of carbonyl (C=O) groups is 1. The van der Waals surface area contributed by atoms with Crippen LogP contribution < -0.4 is 5.32 Å². The Labute approximate surface area is 164 Å². The highest BCUT2D eigenvalue weighted by molar-refractivity contribution is 6.30. The van der Waals surface area contributed by atoms with Gasteiger partial charge in [-0.25, -0.2) is 14.8 Å². The highest BCUT2D eigenvalue weighted by atomic mass is 35.5. The minimum atomic E-state index is -4.61. The largest absolute Gasteiger partial charge is 0.465 e. The third-order valence-corrected chi connectivity index (χ3v) is 5.07. The number of amides is 1. The third-order valence-electron chi connectivity index (χ3n) is 4.78. The Morgan fingerprint density at radius 2 is 2.00 bits per heavy atom. The van der Waals surface area contributed by atoms with E-state index in [-0.39, 0.29) is 11.9 Å². The van der Waals surface area contributed by atoms with Gasteiger partial charge in [0.2, 0.25) is 5.95 Å². The van der Waals surface area contributed by atoms with Gasteiger partial charge in [-0.15, -0.1) is 0 Å². The molecule has 1 fully saturated rings. The van der Waals surface area contributed by atoms with Gasteiger partial charge in [-0.2, -0.15) is 13.2 Å². The fourth-order valence-corrected chi connectivity index (χ4v) is 3.57. The maximum Gasteiger partial charge on any atom is 0.420 e. The summed E-state index contributed by atoms with van der Waals surface area (Å²) in [5, 5.41) is 11.2. The SMILES string of the molecule is Cc1cc(Nc2ncc(C(F)(F)F)c(Cl)n2)ccc1C1CCN(C(=O)O)CC1. The van der Waals surface area contributed by atoms with Crippen LogP contribution in [0.15, 0.2) is 24.4 Å². The van der Waals surface area contributed by atoms with Crippen LogP contribution >= 0.6 is 11.6 Å². The van der Waals surface area contributed by atoms with Crippen LogP contribution in [0, 0.1) is 6.92 Å². The summed E-state index contributed by atoms with van der Waals surface area (Å²) in [7, 11) is 0. The Morgan fingerprint density at radius 3 is 2.54 bits per heavy atom. The molecule has 10 heteroatoms. The molecule has 3 rings (SSSR count). The number of benzene rings is 1. The summed E-state index contributed by atoms with van der Waals surface area (Å²) in [6, 6.07) is 5.58. The molecule has 1 aromatic carbocycles. The van der Waals surface area contributed by atoms with Gasteiger partial charge in [-0.3, -0.25) is 0 Å². The van der Waals surface area contributed by atoms with Crippen LogP contribution in [0.5, 0.6) is 0 Å². The Bertz CT molecular complexity index is 884. The zero-order chi connectivity index (χ0) is 20.5. The standard InChI is InChI=1S/C18H18ClF3N4O2/c1-10-8-12(24-16-23-9-14(15(19)25-16)18(20,21)22)2-3-13(10)11-4-6-26(7-5-11)17(27)28/h2-3,8-9,11H,4-7H2,1H3,(H,27,28)(H,23,24,25). The van der Waals surface area contributed by atoms with Gasteiger partial charge in [-0.1, -0.05) is 17.7 Å². The first-order valence-electron chi connectivity index (χ1n) is 8.60. The average Bonchev–Trinajstić information content (AvgIpc) is 2.61. The molecule has 2 heterocycles. The van der Waals surface area contributed by atoms with Gasteiger partial charge in [0.15, 0.2) is 0 Å². The second kappa shape index (κ2) is 7.83. The summed E-state index contributed by atoms with van der Waals surface area (Å²) < 4.78 is 38.2. The van der Waals surface area contributed by atoms with Crippen molar-refractivity contribution in [2.75, 3.05) is 18.4 Å². The van der Waals surface area contributed by atoms with E-state index in [0.29, 0.717) is 25.0 Å². The Balaban J connectivity index is 1.71. The lowest BCUT2D eigenvalue weighted by Crippen LogP contribution is -2.36. The molecule has 0 bridgehead atoms. The number of anilines is 2. The Kier molecular flexibility index (Phi) is 5.64. The van der Waals surface area contributed by atoms with Crippen molar-refractivity contribution in [3.05, 3.63) is 46.2 Å². The van der Waals surface area contributed by atoms with E-state index in [1.54, 1.807) is 6.07 Å². The molecule has 0 aliphatic carbocycles. The number of rotatable bonds is 3. The van der Waals surface area contributed by atoms with Crippen LogP contribution in [0.25, 0.3) is 0 Å². The number of alkyl halides is 3. The average molecular weight is 415 g/mol. The topological polar surface area (TPSA) is 78.4 Å². The molecule has 1 aliphatic rings. The first-order valence-corrected chi connectivity index (χ1v) is 8.98. The smallest absolute Gasteiger partial charge is 0.420 e. The van der Waals surface area contributed by atoms with E-state index in [4.69, 9.17) is 16.7 Å². The van der Waals surface area contributed by atoms with Crippen LogP contribution in [0.4, 0.5) is 29.6 Å². The molecule has 6 nitrogen and oxygen atoms in total. The van der Waals surface area contributed by atoms with Crippen molar-refractivity contribution < 1.29 is 23.1 Å². The number of nitrogens with one attached hydrogen (secondary N) is 1. The monoisotopic (exact) mass is 414 g/mol. The molecule has 150 valence electrons. The molecule has 1 aromatic heterocycles. The first kappa shape index (κ1) is 20.2. The van der Waals surface area contributed by atoms with Crippen LogP contribution in [0.1, 0.15) is 35.4 Å². The number of piperidine rings is 1. The predicted molar refractivity (Wildman–Crippen MR) is 98.1 cm³/mol. The molecular formula is C18H18ClF3N4O2. The zero-order valence-electron chi connectivity index (χ0n) is 14.9. The summed E-state index contributed by atoms with van der Waals surface area (Å²) in [4.78, 5) is 19.8. The van der Waals surface area contributed by atoms with Gasteiger partial charge in [0.25, 0.3) is 0 Å². The minimum Gasteiger partial charge on any atom is -0.465 e. The number of carboxylic acid groups (broad SMARTS) is 1. The maximum absolute atomic E-state index is 12.7. The van der Waals surface area contributed by atoms with Crippen molar-refractivity contribution in [2.45, 2.75) is 31.9 Å². The number of aromatic nitrogens is 2. The number of likely N-dealkylation sites (tertiary alicyclic amines) is 1. The lowest BCUT2D eigenvalue weighted by molar-refractivity contribution is -0.137. The van der Waals surface area contributed by atoms with Crippen molar-refractivity contribution in [3.8, 4) is 0 Å². The maximum atomic E-state index is 12.7. The molecule has 0 unspecified atom stereocenters. The molecule has 0 radical (unpaired) electrons. The molecular weight excluding hydrogens is 397 g/mol.